The molecule has 1 saturated heterocycles. The zero-order valence-corrected chi connectivity index (χ0v) is 9.93. The summed E-state index contributed by atoms with van der Waals surface area (Å²) < 4.78 is 0. The van der Waals surface area contributed by atoms with Crippen molar-refractivity contribution in [1.82, 2.24) is 4.90 Å². The van der Waals surface area contributed by atoms with Gasteiger partial charge in [0, 0.05) is 18.0 Å². The summed E-state index contributed by atoms with van der Waals surface area (Å²) in [6.07, 6.45) is 3.02. The first-order valence-electron chi connectivity index (χ1n) is 5.56. The average molecular weight is 223 g/mol. The van der Waals surface area contributed by atoms with Gasteiger partial charge in [-0.3, -0.25) is 4.79 Å². The van der Waals surface area contributed by atoms with Gasteiger partial charge < -0.3 is 4.90 Å². The van der Waals surface area contributed by atoms with Crippen LogP contribution in [0, 0.1) is 5.92 Å². The molecule has 3 heteroatoms. The molecule has 0 aliphatic carbocycles. The van der Waals surface area contributed by atoms with Crippen LogP contribution >= 0.6 is 11.3 Å². The number of piperidine rings is 1. The quantitative estimate of drug-likeness (QED) is 0.754. The number of nitrogens with zero attached hydrogens (tertiary/aromatic N) is 1. The molecule has 1 aliphatic rings. The molecule has 0 saturated carbocycles. The molecule has 2 rings (SSSR count). The van der Waals surface area contributed by atoms with Gasteiger partial charge in [0.2, 0.25) is 5.91 Å². The smallest absolute Gasteiger partial charge is 0.227 e. The predicted molar refractivity (Wildman–Crippen MR) is 63.0 cm³/mol. The molecule has 1 aromatic rings. The maximum Gasteiger partial charge on any atom is 0.227 e. The van der Waals surface area contributed by atoms with Gasteiger partial charge in [0.25, 0.3) is 0 Å². The molecule has 0 aromatic carbocycles. The summed E-state index contributed by atoms with van der Waals surface area (Å²) >= 11 is 1.67. The Balaban J connectivity index is 1.90. The summed E-state index contributed by atoms with van der Waals surface area (Å²) in [5, 5.41) is 2.03. The number of carbonyl (C=O) groups excluding carboxylic acids is 1. The Hall–Kier alpha value is -0.830. The van der Waals surface area contributed by atoms with Crippen molar-refractivity contribution in [3.63, 3.8) is 0 Å². The van der Waals surface area contributed by atoms with E-state index in [9.17, 15) is 4.79 Å². The van der Waals surface area contributed by atoms with E-state index in [0.29, 0.717) is 18.2 Å². The minimum absolute atomic E-state index is 0.295. The molecule has 0 bridgehead atoms. The summed E-state index contributed by atoms with van der Waals surface area (Å²) in [5.74, 6) is 0.968. The first kappa shape index (κ1) is 10.7. The molecule has 1 aliphatic heterocycles. The Morgan fingerprint density at radius 1 is 1.67 bits per heavy atom. The lowest BCUT2D eigenvalue weighted by Crippen LogP contribution is -2.39. The van der Waals surface area contributed by atoms with E-state index in [1.165, 1.54) is 11.3 Å². The minimum atomic E-state index is 0.295. The number of thiophene rings is 1. The monoisotopic (exact) mass is 223 g/mol. The molecular weight excluding hydrogens is 206 g/mol. The van der Waals surface area contributed by atoms with Crippen LogP contribution in [0.15, 0.2) is 17.5 Å². The lowest BCUT2D eigenvalue weighted by Gasteiger charge is -2.30. The van der Waals surface area contributed by atoms with Crippen LogP contribution < -0.4 is 0 Å². The molecule has 0 N–H and O–H groups in total. The Morgan fingerprint density at radius 2 is 2.53 bits per heavy atom. The van der Waals surface area contributed by atoms with Crippen LogP contribution in [0.4, 0.5) is 0 Å². The summed E-state index contributed by atoms with van der Waals surface area (Å²) in [5.41, 5.74) is 0. The van der Waals surface area contributed by atoms with Crippen molar-refractivity contribution < 1.29 is 4.79 Å². The first-order chi connectivity index (χ1) is 7.25. The Kier molecular flexibility index (Phi) is 3.41. The van der Waals surface area contributed by atoms with Gasteiger partial charge in [-0.05, 0) is 30.2 Å². The lowest BCUT2D eigenvalue weighted by molar-refractivity contribution is -0.132. The number of hydrogen-bond donors (Lipinski definition) is 0. The average Bonchev–Trinajstić information content (AvgIpc) is 2.70. The van der Waals surface area contributed by atoms with E-state index in [4.69, 9.17) is 0 Å². The fourth-order valence-corrected chi connectivity index (χ4v) is 2.79. The lowest BCUT2D eigenvalue weighted by atomic mass is 10.00. The summed E-state index contributed by atoms with van der Waals surface area (Å²) in [4.78, 5) is 15.1. The Labute approximate surface area is 94.9 Å². The second-order valence-electron chi connectivity index (χ2n) is 4.34. The molecule has 1 amide bonds. The maximum atomic E-state index is 11.9. The number of amides is 1. The van der Waals surface area contributed by atoms with Gasteiger partial charge in [-0.25, -0.2) is 0 Å². The van der Waals surface area contributed by atoms with Gasteiger partial charge in [-0.15, -0.1) is 11.3 Å². The number of rotatable bonds is 2. The van der Waals surface area contributed by atoms with Crippen molar-refractivity contribution in [3.05, 3.63) is 22.4 Å². The zero-order chi connectivity index (χ0) is 10.7. The molecule has 1 aromatic heterocycles. The van der Waals surface area contributed by atoms with Gasteiger partial charge >= 0.3 is 0 Å². The van der Waals surface area contributed by atoms with Crippen molar-refractivity contribution in [3.8, 4) is 0 Å². The van der Waals surface area contributed by atoms with Crippen LogP contribution in [0.2, 0.25) is 0 Å². The summed E-state index contributed by atoms with van der Waals surface area (Å²) in [6, 6.07) is 4.04. The molecule has 82 valence electrons. The van der Waals surface area contributed by atoms with Gasteiger partial charge in [-0.1, -0.05) is 13.0 Å². The van der Waals surface area contributed by atoms with E-state index in [2.05, 4.69) is 6.92 Å². The summed E-state index contributed by atoms with van der Waals surface area (Å²) in [6.45, 7) is 4.13. The molecule has 15 heavy (non-hydrogen) atoms. The fourth-order valence-electron chi connectivity index (χ4n) is 2.09. The molecule has 0 radical (unpaired) electrons. The van der Waals surface area contributed by atoms with Crippen molar-refractivity contribution in [2.45, 2.75) is 26.2 Å². The summed E-state index contributed by atoms with van der Waals surface area (Å²) in [7, 11) is 0. The van der Waals surface area contributed by atoms with Crippen LogP contribution in [0.25, 0.3) is 0 Å². The van der Waals surface area contributed by atoms with Crippen molar-refractivity contribution >= 4 is 17.2 Å². The highest BCUT2D eigenvalue weighted by molar-refractivity contribution is 7.10. The van der Waals surface area contributed by atoms with Crippen LogP contribution in [0.5, 0.6) is 0 Å². The van der Waals surface area contributed by atoms with Crippen molar-refractivity contribution in [2.24, 2.45) is 5.92 Å². The highest BCUT2D eigenvalue weighted by atomic mass is 32.1. The SMILES string of the molecule is CC1CCCN(C(=O)Cc2cccs2)C1. The van der Waals surface area contributed by atoms with Crippen molar-refractivity contribution in [1.29, 1.82) is 0 Å². The van der Waals surface area contributed by atoms with Crippen LogP contribution in [0.1, 0.15) is 24.6 Å². The third kappa shape index (κ3) is 2.81. The molecule has 1 fully saturated rings. The van der Waals surface area contributed by atoms with Gasteiger partial charge in [0.1, 0.15) is 0 Å². The third-order valence-corrected chi connectivity index (χ3v) is 3.79. The predicted octanol–water partition coefficient (Wildman–Crippen LogP) is 2.55. The van der Waals surface area contributed by atoms with E-state index in [-0.39, 0.29) is 0 Å². The Bertz CT molecular complexity index is 320. The largest absolute Gasteiger partial charge is 0.342 e. The van der Waals surface area contributed by atoms with E-state index < -0.39 is 0 Å². The van der Waals surface area contributed by atoms with E-state index in [1.807, 2.05) is 22.4 Å². The second kappa shape index (κ2) is 4.79. The van der Waals surface area contributed by atoms with E-state index in [0.717, 1.165) is 19.5 Å². The van der Waals surface area contributed by atoms with Crippen LogP contribution in [0.3, 0.4) is 0 Å². The topological polar surface area (TPSA) is 20.3 Å². The highest BCUT2D eigenvalue weighted by Gasteiger charge is 2.20. The fraction of sp³-hybridized carbons (Fsp3) is 0.583. The Morgan fingerprint density at radius 3 is 3.20 bits per heavy atom. The van der Waals surface area contributed by atoms with E-state index >= 15 is 0 Å². The van der Waals surface area contributed by atoms with E-state index in [1.54, 1.807) is 11.3 Å². The zero-order valence-electron chi connectivity index (χ0n) is 9.11. The van der Waals surface area contributed by atoms with Gasteiger partial charge in [0.15, 0.2) is 0 Å². The normalized spacial score (nSPS) is 21.7. The van der Waals surface area contributed by atoms with Gasteiger partial charge in [-0.2, -0.15) is 0 Å². The number of hydrogen-bond acceptors (Lipinski definition) is 2. The third-order valence-electron chi connectivity index (χ3n) is 2.92. The maximum absolute atomic E-state index is 11.9. The number of likely N-dealkylation sites (tertiary alicyclic amines) is 1. The van der Waals surface area contributed by atoms with Crippen LogP contribution in [-0.2, 0) is 11.2 Å². The molecular formula is C12H17NOS. The minimum Gasteiger partial charge on any atom is -0.342 e. The molecule has 2 nitrogen and oxygen atoms in total. The number of carbonyl (C=O) groups is 1. The molecule has 0 spiro atoms. The highest BCUT2D eigenvalue weighted by Crippen LogP contribution is 2.17. The molecule has 1 unspecified atom stereocenters. The standard InChI is InChI=1S/C12H17NOS/c1-10-4-2-6-13(9-10)12(14)8-11-5-3-7-15-11/h3,5,7,10H,2,4,6,8-9H2,1H3. The van der Waals surface area contributed by atoms with Gasteiger partial charge in [0.05, 0.1) is 6.42 Å². The van der Waals surface area contributed by atoms with Crippen molar-refractivity contribution in [2.75, 3.05) is 13.1 Å². The first-order valence-corrected chi connectivity index (χ1v) is 6.44. The molecule has 1 atom stereocenters. The second-order valence-corrected chi connectivity index (χ2v) is 5.38. The molecule has 2 heterocycles. The van der Waals surface area contributed by atoms with Crippen LogP contribution in [-0.4, -0.2) is 23.9 Å².